The van der Waals surface area contributed by atoms with E-state index in [0.29, 0.717) is 28.7 Å². The molecule has 0 saturated carbocycles. The molecule has 4 nitrogen and oxygen atoms in total. The summed E-state index contributed by atoms with van der Waals surface area (Å²) >= 11 is 5.11. The minimum Gasteiger partial charge on any atom is -0.397 e. The first-order valence-electron chi connectivity index (χ1n) is 11.2. The molecule has 5 heteroatoms. The minimum atomic E-state index is 0.0373. The van der Waals surface area contributed by atoms with Crippen molar-refractivity contribution in [1.82, 2.24) is 10.2 Å². The van der Waals surface area contributed by atoms with Gasteiger partial charge in [0.1, 0.15) is 5.78 Å². The first kappa shape index (κ1) is 27.6. The number of likely N-dealkylation sites (tertiary alicyclic amines) is 1. The van der Waals surface area contributed by atoms with Crippen molar-refractivity contribution in [2.45, 2.75) is 66.0 Å². The molecule has 1 saturated heterocycles. The largest absolute Gasteiger partial charge is 0.397 e. The zero-order chi connectivity index (χ0) is 24.6. The van der Waals surface area contributed by atoms with Crippen LogP contribution in [0.5, 0.6) is 0 Å². The third kappa shape index (κ3) is 8.62. The van der Waals surface area contributed by atoms with Crippen LogP contribution in [0, 0.1) is 11.8 Å². The molecule has 0 bridgehead atoms. The smallest absolute Gasteiger partial charge is 0.134 e. The second kappa shape index (κ2) is 12.6. The minimum absolute atomic E-state index is 0.0373. The van der Waals surface area contributed by atoms with Gasteiger partial charge in [-0.2, -0.15) is 0 Å². The van der Waals surface area contributed by atoms with Crippen molar-refractivity contribution in [3.05, 3.63) is 72.8 Å². The van der Waals surface area contributed by atoms with Gasteiger partial charge in [-0.25, -0.2) is 0 Å². The molecule has 176 valence electrons. The fourth-order valence-electron chi connectivity index (χ4n) is 3.90. The summed E-state index contributed by atoms with van der Waals surface area (Å²) < 4.78 is 0. The molecule has 3 N–H and O–H groups in total. The molecular weight excluding hydrogens is 414 g/mol. The molecule has 0 aromatic heterocycles. The summed E-state index contributed by atoms with van der Waals surface area (Å²) in [5.41, 5.74) is 10.4. The maximum absolute atomic E-state index is 12.0. The summed E-state index contributed by atoms with van der Waals surface area (Å²) in [7, 11) is 0. The van der Waals surface area contributed by atoms with E-state index in [4.69, 9.17) is 18.0 Å². The zero-order valence-electron chi connectivity index (χ0n) is 20.5. The molecule has 1 aliphatic rings. The lowest BCUT2D eigenvalue weighted by molar-refractivity contribution is -0.120. The Labute approximate surface area is 200 Å². The highest BCUT2D eigenvalue weighted by Gasteiger charge is 2.33. The van der Waals surface area contributed by atoms with Crippen LogP contribution in [0.15, 0.2) is 72.8 Å². The topological polar surface area (TPSA) is 58.4 Å². The number of nitrogens with zero attached hydrogens (tertiary/aromatic N) is 1. The highest BCUT2D eigenvalue weighted by Crippen LogP contribution is 2.31. The van der Waals surface area contributed by atoms with Crippen LogP contribution in [-0.2, 0) is 4.79 Å². The lowest BCUT2D eigenvalue weighted by Gasteiger charge is -2.30. The van der Waals surface area contributed by atoms with Gasteiger partial charge < -0.3 is 16.0 Å². The van der Waals surface area contributed by atoms with Gasteiger partial charge in [0.15, 0.2) is 0 Å². The number of carbonyl (C=O) groups excluding carboxylic acids is 1. The van der Waals surface area contributed by atoms with Crippen molar-refractivity contribution in [2.24, 2.45) is 17.6 Å². The molecule has 1 rings (SSSR count). The van der Waals surface area contributed by atoms with Crippen molar-refractivity contribution in [1.29, 1.82) is 0 Å². The van der Waals surface area contributed by atoms with E-state index in [1.807, 2.05) is 19.9 Å². The third-order valence-corrected chi connectivity index (χ3v) is 5.92. The normalized spacial score (nSPS) is 19.8. The van der Waals surface area contributed by atoms with Crippen molar-refractivity contribution < 1.29 is 4.79 Å². The maximum atomic E-state index is 12.0. The van der Waals surface area contributed by atoms with E-state index in [0.717, 1.165) is 36.1 Å². The zero-order valence-corrected chi connectivity index (χ0v) is 21.4. The average molecular weight is 456 g/mol. The van der Waals surface area contributed by atoms with Crippen molar-refractivity contribution >= 4 is 22.9 Å². The molecule has 0 aromatic carbocycles. The Morgan fingerprint density at radius 2 is 1.81 bits per heavy atom. The molecule has 3 atom stereocenters. The quantitative estimate of drug-likeness (QED) is 0.164. The summed E-state index contributed by atoms with van der Waals surface area (Å²) in [6, 6.07) is 0.207. The van der Waals surface area contributed by atoms with Gasteiger partial charge >= 0.3 is 0 Å². The SMILES string of the molecule is C=C(C)/C=C/C1CC(C(C)=O)CN1C(=C)CCC(=C)C(NC(=C)/C(N)=C/C(C)=S)C(C)C. The molecule has 32 heavy (non-hydrogen) atoms. The van der Waals surface area contributed by atoms with Gasteiger partial charge in [-0.15, -0.1) is 0 Å². The molecule has 0 spiro atoms. The van der Waals surface area contributed by atoms with Crippen LogP contribution in [0.4, 0.5) is 0 Å². The van der Waals surface area contributed by atoms with E-state index in [-0.39, 0.29) is 23.8 Å². The molecule has 0 amide bonds. The van der Waals surface area contributed by atoms with E-state index < -0.39 is 0 Å². The Balaban J connectivity index is 2.83. The molecule has 1 aliphatic heterocycles. The Bertz CT molecular complexity index is 834. The lowest BCUT2D eigenvalue weighted by atomic mass is 9.93. The van der Waals surface area contributed by atoms with Crippen LogP contribution < -0.4 is 11.1 Å². The molecular formula is C27H41N3OS. The number of ketones is 1. The first-order chi connectivity index (χ1) is 14.8. The molecule has 1 heterocycles. The van der Waals surface area contributed by atoms with Crippen LogP contribution in [0.2, 0.25) is 0 Å². The van der Waals surface area contributed by atoms with Gasteiger partial charge in [-0.3, -0.25) is 4.79 Å². The van der Waals surface area contributed by atoms with E-state index in [2.05, 4.69) is 56.5 Å². The molecule has 3 unspecified atom stereocenters. The van der Waals surface area contributed by atoms with Gasteiger partial charge in [-0.05, 0) is 52.0 Å². The number of nitrogens with one attached hydrogen (secondary N) is 1. The summed E-state index contributed by atoms with van der Waals surface area (Å²) in [6.45, 7) is 27.2. The summed E-state index contributed by atoms with van der Waals surface area (Å²) in [5, 5.41) is 3.42. The number of nitrogens with two attached hydrogens (primary N) is 1. The van der Waals surface area contributed by atoms with E-state index in [1.165, 1.54) is 0 Å². The average Bonchev–Trinajstić information content (AvgIpc) is 3.12. The Morgan fingerprint density at radius 1 is 1.19 bits per heavy atom. The number of thiocarbonyl (C=S) groups is 1. The number of allylic oxidation sites excluding steroid dienone is 4. The third-order valence-electron chi connectivity index (χ3n) is 5.81. The molecule has 0 radical (unpaired) electrons. The van der Waals surface area contributed by atoms with Crippen LogP contribution in [0.25, 0.3) is 0 Å². The Hall–Kier alpha value is -2.40. The van der Waals surface area contributed by atoms with Crippen LogP contribution in [0.1, 0.15) is 53.9 Å². The van der Waals surface area contributed by atoms with E-state index in [1.54, 1.807) is 13.0 Å². The van der Waals surface area contributed by atoms with Gasteiger partial charge in [0.25, 0.3) is 0 Å². The highest BCUT2D eigenvalue weighted by molar-refractivity contribution is 7.80. The Morgan fingerprint density at radius 3 is 2.31 bits per heavy atom. The van der Waals surface area contributed by atoms with E-state index in [9.17, 15) is 4.79 Å². The van der Waals surface area contributed by atoms with Crippen molar-refractivity contribution in [3.63, 3.8) is 0 Å². The number of hydrogen-bond acceptors (Lipinski definition) is 5. The van der Waals surface area contributed by atoms with Gasteiger partial charge in [-0.1, -0.05) is 75.7 Å². The number of Topliss-reactive ketones (excluding diaryl/α,β-unsaturated/α-hetero) is 1. The van der Waals surface area contributed by atoms with Crippen LogP contribution >= 0.6 is 12.2 Å². The van der Waals surface area contributed by atoms with Crippen molar-refractivity contribution in [3.8, 4) is 0 Å². The maximum Gasteiger partial charge on any atom is 0.134 e. The molecule has 1 fully saturated rings. The van der Waals surface area contributed by atoms with Gasteiger partial charge in [0.05, 0.1) is 11.4 Å². The predicted molar refractivity (Wildman–Crippen MR) is 142 cm³/mol. The van der Waals surface area contributed by atoms with Crippen LogP contribution in [-0.4, -0.2) is 34.2 Å². The van der Waals surface area contributed by atoms with E-state index >= 15 is 0 Å². The number of hydrogen-bond donors (Lipinski definition) is 2. The second-order valence-electron chi connectivity index (χ2n) is 9.25. The Kier molecular flexibility index (Phi) is 10.9. The van der Waals surface area contributed by atoms with Crippen molar-refractivity contribution in [2.75, 3.05) is 6.54 Å². The summed E-state index contributed by atoms with van der Waals surface area (Å²) in [5.74, 6) is 0.592. The fourth-order valence-corrected chi connectivity index (χ4v) is 4.03. The number of carbonyl (C=O) groups is 1. The summed E-state index contributed by atoms with van der Waals surface area (Å²) in [6.07, 6.45) is 8.29. The monoisotopic (exact) mass is 455 g/mol. The number of rotatable bonds is 13. The first-order valence-corrected chi connectivity index (χ1v) is 11.6. The lowest BCUT2D eigenvalue weighted by Crippen LogP contribution is -2.36. The molecule has 0 aromatic rings. The predicted octanol–water partition coefficient (Wildman–Crippen LogP) is 5.61. The second-order valence-corrected chi connectivity index (χ2v) is 9.89. The van der Waals surface area contributed by atoms with Gasteiger partial charge in [0.2, 0.25) is 0 Å². The fraction of sp³-hybridized carbons (Fsp3) is 0.481. The molecule has 0 aliphatic carbocycles. The van der Waals surface area contributed by atoms with Crippen LogP contribution in [0.3, 0.4) is 0 Å². The standard InChI is InChI=1S/C27H41N3OS/c1-17(2)10-13-25-15-24(23(9)31)16-30(25)20(6)12-11-19(5)27(18(3)4)29-22(8)26(28)14-21(7)32/h10,13-14,18,24-25,27,29H,1,5-6,8,11-12,15-16,28H2,2-4,7,9H3/b13-10+,26-14-. The highest BCUT2D eigenvalue weighted by atomic mass is 32.1. The summed E-state index contributed by atoms with van der Waals surface area (Å²) in [4.78, 5) is 15.0. The van der Waals surface area contributed by atoms with Gasteiger partial charge in [0, 0.05) is 35.1 Å².